The molecular formula is C18H18F2. The molecule has 0 radical (unpaired) electrons. The van der Waals surface area contributed by atoms with Crippen molar-refractivity contribution in [2.24, 2.45) is 0 Å². The van der Waals surface area contributed by atoms with Gasteiger partial charge >= 0.3 is 0 Å². The van der Waals surface area contributed by atoms with Gasteiger partial charge in [0.25, 0.3) is 0 Å². The summed E-state index contributed by atoms with van der Waals surface area (Å²) in [4.78, 5) is 0. The highest BCUT2D eigenvalue weighted by molar-refractivity contribution is 5.34. The summed E-state index contributed by atoms with van der Waals surface area (Å²) in [6, 6.07) is 10.6. The number of hydrogen-bond acceptors (Lipinski definition) is 0. The maximum Gasteiger partial charge on any atom is 0.129 e. The number of rotatable bonds is 3. The second kappa shape index (κ2) is 5.74. The molecule has 0 amide bonds. The molecule has 2 heteroatoms. The fourth-order valence-corrected chi connectivity index (χ4v) is 2.98. The summed E-state index contributed by atoms with van der Waals surface area (Å²) in [7, 11) is 0. The normalized spacial score (nSPS) is 14.1. The van der Waals surface area contributed by atoms with Crippen LogP contribution in [0.5, 0.6) is 0 Å². The molecular weight excluding hydrogens is 254 g/mol. The van der Waals surface area contributed by atoms with Crippen LogP contribution in [0.25, 0.3) is 0 Å². The van der Waals surface area contributed by atoms with Crippen molar-refractivity contribution in [2.75, 3.05) is 0 Å². The minimum atomic E-state index is -0.442. The van der Waals surface area contributed by atoms with Crippen LogP contribution in [0.2, 0.25) is 0 Å². The fourth-order valence-electron chi connectivity index (χ4n) is 2.98. The van der Waals surface area contributed by atoms with Crippen LogP contribution < -0.4 is 0 Å². The summed E-state index contributed by atoms with van der Waals surface area (Å²) >= 11 is 0. The maximum absolute atomic E-state index is 13.6. The molecule has 1 aliphatic carbocycles. The van der Waals surface area contributed by atoms with Crippen molar-refractivity contribution in [1.29, 1.82) is 0 Å². The Balaban J connectivity index is 1.75. The first-order valence-corrected chi connectivity index (χ1v) is 7.27. The van der Waals surface area contributed by atoms with Crippen molar-refractivity contribution in [3.8, 4) is 0 Å². The van der Waals surface area contributed by atoms with E-state index >= 15 is 0 Å². The van der Waals surface area contributed by atoms with E-state index < -0.39 is 11.6 Å². The van der Waals surface area contributed by atoms with Crippen molar-refractivity contribution in [2.45, 2.75) is 38.5 Å². The molecule has 1 aliphatic rings. The lowest BCUT2D eigenvalue weighted by molar-refractivity contribution is 0.554. The Hall–Kier alpha value is -1.70. The average Bonchev–Trinajstić information content (AvgIpc) is 2.46. The van der Waals surface area contributed by atoms with E-state index in [1.54, 1.807) is 0 Å². The van der Waals surface area contributed by atoms with Gasteiger partial charge in [0, 0.05) is 5.56 Å². The van der Waals surface area contributed by atoms with E-state index in [0.29, 0.717) is 12.8 Å². The van der Waals surface area contributed by atoms with Gasteiger partial charge in [-0.1, -0.05) is 24.3 Å². The Morgan fingerprint density at radius 2 is 1.50 bits per heavy atom. The van der Waals surface area contributed by atoms with Crippen molar-refractivity contribution < 1.29 is 8.78 Å². The molecule has 0 N–H and O–H groups in total. The van der Waals surface area contributed by atoms with Gasteiger partial charge in [0.15, 0.2) is 0 Å². The first kappa shape index (κ1) is 13.3. The van der Waals surface area contributed by atoms with Crippen LogP contribution in [0.3, 0.4) is 0 Å². The average molecular weight is 272 g/mol. The van der Waals surface area contributed by atoms with Gasteiger partial charge in [0.1, 0.15) is 11.6 Å². The third kappa shape index (κ3) is 2.74. The van der Waals surface area contributed by atoms with Crippen LogP contribution in [0.4, 0.5) is 8.78 Å². The number of hydrogen-bond donors (Lipinski definition) is 0. The molecule has 0 spiro atoms. The van der Waals surface area contributed by atoms with Gasteiger partial charge in [-0.05, 0) is 67.3 Å². The summed E-state index contributed by atoms with van der Waals surface area (Å²) in [5, 5.41) is 0. The minimum Gasteiger partial charge on any atom is -0.207 e. The lowest BCUT2D eigenvalue weighted by atomic mass is 9.89. The van der Waals surface area contributed by atoms with E-state index in [0.717, 1.165) is 12.8 Å². The van der Waals surface area contributed by atoms with Crippen LogP contribution in [0.1, 0.15) is 35.1 Å². The lowest BCUT2D eigenvalue weighted by Crippen LogP contribution is -2.04. The SMILES string of the molecule is Fc1cccc(F)c1CCc1ccc2c(c1)CCCC2. The molecule has 0 atom stereocenters. The maximum atomic E-state index is 13.6. The Labute approximate surface area is 118 Å². The summed E-state index contributed by atoms with van der Waals surface area (Å²) in [6.45, 7) is 0. The summed E-state index contributed by atoms with van der Waals surface area (Å²) in [5.41, 5.74) is 4.23. The van der Waals surface area contributed by atoms with Gasteiger partial charge < -0.3 is 0 Å². The van der Waals surface area contributed by atoms with Gasteiger partial charge in [0.05, 0.1) is 0 Å². The molecule has 104 valence electrons. The number of halogens is 2. The molecule has 3 rings (SSSR count). The Morgan fingerprint density at radius 3 is 2.25 bits per heavy atom. The van der Waals surface area contributed by atoms with E-state index in [9.17, 15) is 8.78 Å². The lowest BCUT2D eigenvalue weighted by Gasteiger charge is -2.16. The summed E-state index contributed by atoms with van der Waals surface area (Å²) < 4.78 is 27.2. The molecule has 2 aromatic rings. The third-order valence-corrected chi connectivity index (χ3v) is 4.14. The highest BCUT2D eigenvalue weighted by Gasteiger charge is 2.11. The van der Waals surface area contributed by atoms with E-state index in [-0.39, 0.29) is 5.56 Å². The van der Waals surface area contributed by atoms with E-state index in [1.807, 2.05) is 0 Å². The summed E-state index contributed by atoms with van der Waals surface area (Å²) in [5.74, 6) is -0.883. The molecule has 0 saturated heterocycles. The highest BCUT2D eigenvalue weighted by atomic mass is 19.1. The molecule has 0 heterocycles. The molecule has 0 aromatic heterocycles. The Morgan fingerprint density at radius 1 is 0.800 bits per heavy atom. The van der Waals surface area contributed by atoms with Crippen LogP contribution in [-0.4, -0.2) is 0 Å². The Kier molecular flexibility index (Phi) is 3.81. The molecule has 0 fully saturated rings. The molecule has 0 bridgehead atoms. The standard InChI is InChI=1S/C18H18F2/c19-17-6-3-7-18(20)16(17)11-9-13-8-10-14-4-1-2-5-15(14)12-13/h3,6-8,10,12H,1-2,4-5,9,11H2. The molecule has 0 unspecified atom stereocenters. The summed E-state index contributed by atoms with van der Waals surface area (Å²) in [6.07, 6.45) is 5.92. The van der Waals surface area contributed by atoms with Crippen LogP contribution >= 0.6 is 0 Å². The predicted molar refractivity (Wildman–Crippen MR) is 76.9 cm³/mol. The first-order valence-electron chi connectivity index (χ1n) is 7.27. The van der Waals surface area contributed by atoms with Crippen molar-refractivity contribution in [1.82, 2.24) is 0 Å². The highest BCUT2D eigenvalue weighted by Crippen LogP contribution is 2.23. The topological polar surface area (TPSA) is 0 Å². The van der Waals surface area contributed by atoms with E-state index in [4.69, 9.17) is 0 Å². The zero-order valence-electron chi connectivity index (χ0n) is 11.5. The minimum absolute atomic E-state index is 0.199. The zero-order chi connectivity index (χ0) is 13.9. The smallest absolute Gasteiger partial charge is 0.129 e. The molecule has 0 aliphatic heterocycles. The van der Waals surface area contributed by atoms with E-state index in [1.165, 1.54) is 47.7 Å². The molecule has 2 aromatic carbocycles. The zero-order valence-corrected chi connectivity index (χ0v) is 11.5. The van der Waals surface area contributed by atoms with Crippen LogP contribution in [-0.2, 0) is 25.7 Å². The van der Waals surface area contributed by atoms with Gasteiger partial charge in [0.2, 0.25) is 0 Å². The van der Waals surface area contributed by atoms with Crippen LogP contribution in [0.15, 0.2) is 36.4 Å². The third-order valence-electron chi connectivity index (χ3n) is 4.14. The van der Waals surface area contributed by atoms with Crippen molar-refractivity contribution in [3.63, 3.8) is 0 Å². The second-order valence-corrected chi connectivity index (χ2v) is 5.51. The molecule has 0 saturated carbocycles. The Bertz CT molecular complexity index is 597. The first-order chi connectivity index (χ1) is 9.74. The molecule has 20 heavy (non-hydrogen) atoms. The van der Waals surface area contributed by atoms with Gasteiger partial charge in [-0.3, -0.25) is 0 Å². The fraction of sp³-hybridized carbons (Fsp3) is 0.333. The predicted octanol–water partition coefficient (Wildman–Crippen LogP) is 4.63. The van der Waals surface area contributed by atoms with Crippen LogP contribution in [0, 0.1) is 11.6 Å². The van der Waals surface area contributed by atoms with Gasteiger partial charge in [-0.25, -0.2) is 8.78 Å². The number of fused-ring (bicyclic) bond motifs is 1. The largest absolute Gasteiger partial charge is 0.207 e. The number of aryl methyl sites for hydroxylation is 3. The quantitative estimate of drug-likeness (QED) is 0.764. The molecule has 0 nitrogen and oxygen atoms in total. The van der Waals surface area contributed by atoms with Gasteiger partial charge in [-0.2, -0.15) is 0 Å². The van der Waals surface area contributed by atoms with Crippen molar-refractivity contribution in [3.05, 3.63) is 70.3 Å². The van der Waals surface area contributed by atoms with E-state index in [2.05, 4.69) is 18.2 Å². The van der Waals surface area contributed by atoms with Gasteiger partial charge in [-0.15, -0.1) is 0 Å². The monoisotopic (exact) mass is 272 g/mol. The number of benzene rings is 2. The second-order valence-electron chi connectivity index (χ2n) is 5.51. The van der Waals surface area contributed by atoms with Crippen molar-refractivity contribution >= 4 is 0 Å².